The average molecular weight is 499 g/mol. The third-order valence-corrected chi connectivity index (χ3v) is 7.00. The molecule has 2 heterocycles. The van der Waals surface area contributed by atoms with Crippen molar-refractivity contribution < 1.29 is 23.8 Å². The molecule has 4 rings (SSSR count). The van der Waals surface area contributed by atoms with Crippen LogP contribution in [0, 0.1) is 17.7 Å². The number of hydrogen-bond donors (Lipinski definition) is 1. The lowest BCUT2D eigenvalue weighted by atomic mass is 9.83. The fourth-order valence-corrected chi connectivity index (χ4v) is 5.17. The molecule has 1 saturated heterocycles. The Kier molecular flexibility index (Phi) is 7.55. The Labute approximate surface area is 208 Å². The second-order valence-corrected chi connectivity index (χ2v) is 9.37. The maximum atomic E-state index is 13.5. The highest BCUT2D eigenvalue weighted by molar-refractivity contribution is 6.33. The van der Waals surface area contributed by atoms with Crippen molar-refractivity contribution in [3.05, 3.63) is 59.5 Å². The molecule has 1 unspecified atom stereocenters. The molecule has 1 N–H and O–H groups in total. The summed E-state index contributed by atoms with van der Waals surface area (Å²) in [6, 6.07) is 11.5. The topological polar surface area (TPSA) is 79.7 Å². The Bertz CT molecular complexity index is 1250. The Hall–Kier alpha value is -3.19. The first-order chi connectivity index (χ1) is 16.8. The van der Waals surface area contributed by atoms with Crippen LogP contribution in [-0.4, -0.2) is 46.1 Å². The number of carbonyl (C=O) groups excluding carboxylic acids is 1. The molecule has 1 aromatic heterocycles. The number of benzene rings is 2. The second-order valence-electron chi connectivity index (χ2n) is 8.96. The van der Waals surface area contributed by atoms with E-state index in [0.717, 1.165) is 23.8 Å². The van der Waals surface area contributed by atoms with Crippen molar-refractivity contribution in [3.8, 4) is 16.9 Å². The van der Waals surface area contributed by atoms with Gasteiger partial charge in [0.15, 0.2) is 6.10 Å². The number of carboxylic acid groups (broad SMARTS) is 1. The van der Waals surface area contributed by atoms with Crippen LogP contribution in [-0.2, 0) is 9.59 Å². The Balaban J connectivity index is 1.50. The monoisotopic (exact) mass is 498 g/mol. The Morgan fingerprint density at radius 2 is 2.03 bits per heavy atom. The molecule has 2 aromatic carbocycles. The molecule has 1 aliphatic heterocycles. The van der Waals surface area contributed by atoms with Crippen molar-refractivity contribution in [1.29, 1.82) is 0 Å². The first kappa shape index (κ1) is 24.9. The number of hydrogen-bond acceptors (Lipinski definition) is 4. The fourth-order valence-electron chi connectivity index (χ4n) is 4.90. The van der Waals surface area contributed by atoms with E-state index < -0.39 is 23.8 Å². The molecular formula is C27H28ClFN2O4. The summed E-state index contributed by atoms with van der Waals surface area (Å²) >= 11 is 6.27. The summed E-state index contributed by atoms with van der Waals surface area (Å²) in [5, 5.41) is 10.6. The van der Waals surface area contributed by atoms with Crippen molar-refractivity contribution in [2.24, 2.45) is 11.8 Å². The molecule has 0 aliphatic carbocycles. The van der Waals surface area contributed by atoms with E-state index in [1.54, 1.807) is 36.2 Å². The number of rotatable bonds is 7. The first-order valence-corrected chi connectivity index (χ1v) is 12.2. The van der Waals surface area contributed by atoms with Gasteiger partial charge in [-0.25, -0.2) is 4.39 Å². The highest BCUT2D eigenvalue weighted by Gasteiger charge is 2.34. The predicted octanol–water partition coefficient (Wildman–Crippen LogP) is 5.81. The molecule has 0 spiro atoms. The Morgan fingerprint density at radius 3 is 2.74 bits per heavy atom. The zero-order chi connectivity index (χ0) is 25.1. The van der Waals surface area contributed by atoms with Crippen molar-refractivity contribution in [2.45, 2.75) is 39.2 Å². The van der Waals surface area contributed by atoms with Crippen LogP contribution in [0.1, 0.15) is 33.1 Å². The van der Waals surface area contributed by atoms with E-state index in [1.807, 2.05) is 19.1 Å². The van der Waals surface area contributed by atoms with Gasteiger partial charge in [-0.2, -0.15) is 0 Å². The number of halogens is 2. The summed E-state index contributed by atoms with van der Waals surface area (Å²) in [6.45, 7) is 4.60. The number of amides is 1. The maximum absolute atomic E-state index is 13.5. The number of fused-ring (bicyclic) bond motifs is 1. The van der Waals surface area contributed by atoms with Gasteiger partial charge >= 0.3 is 5.97 Å². The molecule has 0 radical (unpaired) electrons. The van der Waals surface area contributed by atoms with Crippen LogP contribution in [0.15, 0.2) is 48.7 Å². The standard InChI is InChI=1S/C27H28ClFN2O4/c1-3-20(27(33)34)17-5-4-12-31(15-17)26(32)16(2)35-19-7-9-23-21(10-11-30-25(23)14-19)22-8-6-18(29)13-24(22)28/h6-11,13-14,16-17,20H,3-5,12,15H2,1-2H3,(H,33,34)/t16-,17-,20?/m1/s1. The van der Waals surface area contributed by atoms with Gasteiger partial charge in [0.2, 0.25) is 0 Å². The van der Waals surface area contributed by atoms with Gasteiger partial charge in [0.05, 0.1) is 16.5 Å². The number of pyridine rings is 1. The third-order valence-electron chi connectivity index (χ3n) is 6.69. The lowest BCUT2D eigenvalue weighted by Crippen LogP contribution is -2.47. The van der Waals surface area contributed by atoms with Crippen LogP contribution in [0.3, 0.4) is 0 Å². The first-order valence-electron chi connectivity index (χ1n) is 11.8. The highest BCUT2D eigenvalue weighted by Crippen LogP contribution is 2.34. The van der Waals surface area contributed by atoms with E-state index >= 15 is 0 Å². The lowest BCUT2D eigenvalue weighted by Gasteiger charge is -2.36. The molecule has 6 nitrogen and oxygen atoms in total. The van der Waals surface area contributed by atoms with Crippen molar-refractivity contribution in [2.75, 3.05) is 13.1 Å². The van der Waals surface area contributed by atoms with Gasteiger partial charge in [-0.3, -0.25) is 14.6 Å². The SMILES string of the molecule is CCC(C(=O)O)[C@@H]1CCCN(C(=O)[C@@H](C)Oc2ccc3c(-c4ccc(F)cc4Cl)ccnc3c2)C1. The van der Waals surface area contributed by atoms with Gasteiger partial charge in [-0.05, 0) is 74.1 Å². The van der Waals surface area contributed by atoms with Gasteiger partial charge in [0.25, 0.3) is 5.91 Å². The van der Waals surface area contributed by atoms with E-state index in [4.69, 9.17) is 16.3 Å². The Morgan fingerprint density at radius 1 is 1.23 bits per heavy atom. The van der Waals surface area contributed by atoms with Gasteiger partial charge in [0.1, 0.15) is 11.6 Å². The molecule has 0 saturated carbocycles. The predicted molar refractivity (Wildman–Crippen MR) is 133 cm³/mol. The van der Waals surface area contributed by atoms with Gasteiger partial charge in [-0.15, -0.1) is 0 Å². The summed E-state index contributed by atoms with van der Waals surface area (Å²) in [5.74, 6) is -1.37. The molecule has 8 heteroatoms. The van der Waals surface area contributed by atoms with Gasteiger partial charge in [-0.1, -0.05) is 18.5 Å². The number of aliphatic carboxylic acids is 1. The summed E-state index contributed by atoms with van der Waals surface area (Å²) in [7, 11) is 0. The van der Waals surface area contributed by atoms with Crippen LogP contribution in [0.4, 0.5) is 4.39 Å². The smallest absolute Gasteiger partial charge is 0.306 e. The van der Waals surface area contributed by atoms with E-state index in [9.17, 15) is 19.1 Å². The summed E-state index contributed by atoms with van der Waals surface area (Å²) < 4.78 is 19.5. The van der Waals surface area contributed by atoms with E-state index in [0.29, 0.717) is 41.4 Å². The van der Waals surface area contributed by atoms with Crippen LogP contribution in [0.25, 0.3) is 22.0 Å². The quantitative estimate of drug-likeness (QED) is 0.444. The number of nitrogens with zero attached hydrogens (tertiary/aromatic N) is 2. The van der Waals surface area contributed by atoms with Gasteiger partial charge < -0.3 is 14.7 Å². The molecular weight excluding hydrogens is 471 g/mol. The number of ether oxygens (including phenoxy) is 1. The molecule has 3 atom stereocenters. The van der Waals surface area contributed by atoms with Crippen LogP contribution in [0.2, 0.25) is 5.02 Å². The van der Waals surface area contributed by atoms with Crippen LogP contribution in [0.5, 0.6) is 5.75 Å². The van der Waals surface area contributed by atoms with Gasteiger partial charge in [0, 0.05) is 36.3 Å². The largest absolute Gasteiger partial charge is 0.481 e. The minimum Gasteiger partial charge on any atom is -0.481 e. The molecule has 184 valence electrons. The molecule has 3 aromatic rings. The normalized spacial score (nSPS) is 17.7. The summed E-state index contributed by atoms with van der Waals surface area (Å²) in [4.78, 5) is 30.8. The molecule has 1 amide bonds. The van der Waals surface area contributed by atoms with Crippen LogP contribution < -0.4 is 4.74 Å². The zero-order valence-electron chi connectivity index (χ0n) is 19.7. The summed E-state index contributed by atoms with van der Waals surface area (Å²) in [5.41, 5.74) is 2.17. The molecule has 1 aliphatic rings. The van der Waals surface area contributed by atoms with Crippen LogP contribution >= 0.6 is 11.6 Å². The molecule has 35 heavy (non-hydrogen) atoms. The number of aromatic nitrogens is 1. The number of carbonyl (C=O) groups is 2. The van der Waals surface area contributed by atoms with E-state index in [-0.39, 0.29) is 11.8 Å². The zero-order valence-corrected chi connectivity index (χ0v) is 20.5. The van der Waals surface area contributed by atoms with E-state index in [2.05, 4.69) is 4.98 Å². The molecule has 0 bridgehead atoms. The minimum absolute atomic E-state index is 0.0519. The third kappa shape index (κ3) is 5.40. The minimum atomic E-state index is -0.805. The number of likely N-dealkylation sites (tertiary alicyclic amines) is 1. The second kappa shape index (κ2) is 10.6. The van der Waals surface area contributed by atoms with Crippen molar-refractivity contribution in [1.82, 2.24) is 9.88 Å². The number of piperidine rings is 1. The van der Waals surface area contributed by atoms with Crippen molar-refractivity contribution in [3.63, 3.8) is 0 Å². The average Bonchev–Trinajstić information content (AvgIpc) is 2.83. The fraction of sp³-hybridized carbons (Fsp3) is 0.370. The maximum Gasteiger partial charge on any atom is 0.306 e. The van der Waals surface area contributed by atoms with Crippen molar-refractivity contribution >= 4 is 34.4 Å². The van der Waals surface area contributed by atoms with E-state index in [1.165, 1.54) is 12.1 Å². The lowest BCUT2D eigenvalue weighted by molar-refractivity contribution is -0.148. The summed E-state index contributed by atoms with van der Waals surface area (Å²) in [6.07, 6.45) is 3.05. The number of carboxylic acids is 1. The highest BCUT2D eigenvalue weighted by atomic mass is 35.5. The molecule has 1 fully saturated rings.